The number of carbonyl (C=O) groups is 1. The Morgan fingerprint density at radius 3 is 2.33 bits per heavy atom. The number of ether oxygens (including phenoxy) is 1. The van der Waals surface area contributed by atoms with Gasteiger partial charge >= 0.3 is 6.09 Å². The van der Waals surface area contributed by atoms with E-state index in [2.05, 4.69) is 10.6 Å². The van der Waals surface area contributed by atoms with Crippen molar-refractivity contribution >= 4 is 28.6 Å². The topological polar surface area (TPSA) is 58.3 Å². The molecule has 4 rings (SSSR count). The number of benzene rings is 3. The molecule has 0 aliphatic rings. The summed E-state index contributed by atoms with van der Waals surface area (Å²) in [5.41, 5.74) is 4.44. The third kappa shape index (κ3) is 4.72. The summed E-state index contributed by atoms with van der Waals surface area (Å²) in [6, 6.07) is 23.1. The summed E-state index contributed by atoms with van der Waals surface area (Å²) in [5.74, 6) is 0.494. The summed E-state index contributed by atoms with van der Waals surface area (Å²) in [7, 11) is 0. The monoisotopic (exact) mass is 457 g/mol. The highest BCUT2D eigenvalue weighted by atomic mass is 35.5. The number of nitriles is 1. The fourth-order valence-corrected chi connectivity index (χ4v) is 4.04. The lowest BCUT2D eigenvalue weighted by molar-refractivity contribution is 0.157. The van der Waals surface area contributed by atoms with Crippen molar-refractivity contribution in [2.75, 3.05) is 13.1 Å². The van der Waals surface area contributed by atoms with Crippen LogP contribution < -0.4 is 4.74 Å². The minimum Gasteiger partial charge on any atom is -0.410 e. The van der Waals surface area contributed by atoms with Crippen LogP contribution in [0, 0.1) is 11.3 Å². The summed E-state index contributed by atoms with van der Waals surface area (Å²) in [6.45, 7) is 5.67. The third-order valence-electron chi connectivity index (χ3n) is 5.70. The van der Waals surface area contributed by atoms with Crippen LogP contribution in [0.25, 0.3) is 22.0 Å². The zero-order chi connectivity index (χ0) is 23.4. The number of fused-ring (bicyclic) bond motifs is 1. The van der Waals surface area contributed by atoms with E-state index in [1.165, 1.54) is 0 Å². The van der Waals surface area contributed by atoms with Gasteiger partial charge in [0.25, 0.3) is 0 Å². The molecule has 0 radical (unpaired) electrons. The van der Waals surface area contributed by atoms with Gasteiger partial charge in [-0.05, 0) is 67.4 Å². The Morgan fingerprint density at radius 1 is 1.00 bits per heavy atom. The standard InChI is InChI=1S/C27H24ClN3O2/c1-3-30(4-2)27(32)33-25-14-13-24-23(26(25)21-9-5-19(17-29)6-10-21)15-16-31(24)18-20-7-11-22(28)12-8-20/h5-16H,3-4,18H2,1-2H3. The Morgan fingerprint density at radius 2 is 1.70 bits per heavy atom. The van der Waals surface area contributed by atoms with E-state index in [1.54, 1.807) is 17.0 Å². The molecule has 166 valence electrons. The van der Waals surface area contributed by atoms with Crippen LogP contribution in [0.4, 0.5) is 4.79 Å². The van der Waals surface area contributed by atoms with E-state index >= 15 is 0 Å². The molecule has 0 saturated carbocycles. The number of hydrogen-bond acceptors (Lipinski definition) is 3. The molecule has 0 N–H and O–H groups in total. The van der Waals surface area contributed by atoms with E-state index < -0.39 is 0 Å². The van der Waals surface area contributed by atoms with Crippen LogP contribution in [-0.4, -0.2) is 28.6 Å². The average Bonchev–Trinajstić information content (AvgIpc) is 3.24. The van der Waals surface area contributed by atoms with Gasteiger partial charge in [0.2, 0.25) is 0 Å². The van der Waals surface area contributed by atoms with Crippen molar-refractivity contribution in [3.8, 4) is 22.9 Å². The molecule has 0 unspecified atom stereocenters. The minimum absolute atomic E-state index is 0.380. The lowest BCUT2D eigenvalue weighted by Gasteiger charge is -2.20. The second kappa shape index (κ2) is 9.81. The SMILES string of the molecule is CCN(CC)C(=O)Oc1ccc2c(ccn2Cc2ccc(Cl)cc2)c1-c1ccc(C#N)cc1. The van der Waals surface area contributed by atoms with Gasteiger partial charge in [-0.2, -0.15) is 5.26 Å². The Bertz CT molecular complexity index is 1310. The highest BCUT2D eigenvalue weighted by Crippen LogP contribution is 2.38. The molecular weight excluding hydrogens is 434 g/mol. The molecule has 0 aliphatic heterocycles. The number of aromatic nitrogens is 1. The molecule has 0 fully saturated rings. The molecule has 1 aromatic heterocycles. The van der Waals surface area contributed by atoms with E-state index in [0.717, 1.165) is 27.6 Å². The Balaban J connectivity index is 1.80. The maximum absolute atomic E-state index is 12.7. The number of hydrogen-bond donors (Lipinski definition) is 0. The molecule has 0 aliphatic carbocycles. The highest BCUT2D eigenvalue weighted by molar-refractivity contribution is 6.30. The summed E-state index contributed by atoms with van der Waals surface area (Å²) in [5, 5.41) is 10.9. The van der Waals surface area contributed by atoms with E-state index in [-0.39, 0.29) is 6.09 Å². The lowest BCUT2D eigenvalue weighted by Crippen LogP contribution is -2.33. The molecule has 0 saturated heterocycles. The van der Waals surface area contributed by atoms with Gasteiger partial charge in [-0.15, -0.1) is 0 Å². The van der Waals surface area contributed by atoms with Gasteiger partial charge in [-0.25, -0.2) is 4.79 Å². The van der Waals surface area contributed by atoms with Crippen LogP contribution in [0.2, 0.25) is 5.02 Å². The number of carbonyl (C=O) groups excluding carboxylic acids is 1. The van der Waals surface area contributed by atoms with Crippen molar-refractivity contribution in [1.82, 2.24) is 9.47 Å². The normalized spacial score (nSPS) is 10.7. The molecule has 0 spiro atoms. The maximum atomic E-state index is 12.7. The van der Waals surface area contributed by atoms with Crippen LogP contribution in [0.15, 0.2) is 72.9 Å². The minimum atomic E-state index is -0.380. The van der Waals surface area contributed by atoms with Crippen molar-refractivity contribution in [3.05, 3.63) is 89.1 Å². The second-order valence-corrected chi connectivity index (χ2v) is 8.11. The van der Waals surface area contributed by atoms with E-state index in [4.69, 9.17) is 16.3 Å². The summed E-state index contributed by atoms with van der Waals surface area (Å²) in [6.07, 6.45) is 1.65. The Hall–Kier alpha value is -3.75. The largest absolute Gasteiger partial charge is 0.415 e. The molecule has 1 heterocycles. The van der Waals surface area contributed by atoms with Crippen LogP contribution in [0.5, 0.6) is 5.75 Å². The van der Waals surface area contributed by atoms with Gasteiger partial charge in [0.05, 0.1) is 11.6 Å². The van der Waals surface area contributed by atoms with Crippen LogP contribution in [-0.2, 0) is 6.54 Å². The smallest absolute Gasteiger partial charge is 0.410 e. The van der Waals surface area contributed by atoms with Gasteiger partial charge in [0, 0.05) is 47.3 Å². The lowest BCUT2D eigenvalue weighted by atomic mass is 9.99. The second-order valence-electron chi connectivity index (χ2n) is 7.67. The molecule has 3 aromatic carbocycles. The summed E-state index contributed by atoms with van der Waals surface area (Å²) in [4.78, 5) is 14.4. The number of nitrogens with zero attached hydrogens (tertiary/aromatic N) is 3. The molecule has 33 heavy (non-hydrogen) atoms. The number of amides is 1. The first-order valence-corrected chi connectivity index (χ1v) is 11.3. The summed E-state index contributed by atoms with van der Waals surface area (Å²) >= 11 is 6.03. The number of halogens is 1. The fraction of sp³-hybridized carbons (Fsp3) is 0.185. The van der Waals surface area contributed by atoms with Gasteiger partial charge in [0.1, 0.15) is 5.75 Å². The van der Waals surface area contributed by atoms with E-state index in [0.29, 0.717) is 36.0 Å². The maximum Gasteiger partial charge on any atom is 0.415 e. The van der Waals surface area contributed by atoms with Gasteiger partial charge in [-0.3, -0.25) is 0 Å². The molecular formula is C27H24ClN3O2. The predicted molar refractivity (Wildman–Crippen MR) is 132 cm³/mol. The Labute approximate surface area is 198 Å². The van der Waals surface area contributed by atoms with E-state index in [9.17, 15) is 10.1 Å². The highest BCUT2D eigenvalue weighted by Gasteiger charge is 2.19. The van der Waals surface area contributed by atoms with Crippen molar-refractivity contribution in [2.45, 2.75) is 20.4 Å². The number of rotatable bonds is 6. The van der Waals surface area contributed by atoms with Crippen molar-refractivity contribution < 1.29 is 9.53 Å². The Kier molecular flexibility index (Phi) is 6.67. The quantitative estimate of drug-likeness (QED) is 0.323. The first-order valence-electron chi connectivity index (χ1n) is 10.9. The zero-order valence-electron chi connectivity index (χ0n) is 18.6. The van der Waals surface area contributed by atoms with Gasteiger partial charge < -0.3 is 14.2 Å². The molecule has 4 aromatic rings. The molecule has 0 bridgehead atoms. The average molecular weight is 458 g/mol. The van der Waals surface area contributed by atoms with Gasteiger partial charge in [-0.1, -0.05) is 35.9 Å². The van der Waals surface area contributed by atoms with E-state index in [1.807, 2.05) is 74.6 Å². The molecule has 5 nitrogen and oxygen atoms in total. The van der Waals surface area contributed by atoms with Crippen LogP contribution >= 0.6 is 11.6 Å². The summed E-state index contributed by atoms with van der Waals surface area (Å²) < 4.78 is 8.00. The first-order chi connectivity index (χ1) is 16.0. The van der Waals surface area contributed by atoms with Crippen molar-refractivity contribution in [3.63, 3.8) is 0 Å². The zero-order valence-corrected chi connectivity index (χ0v) is 19.3. The van der Waals surface area contributed by atoms with Crippen LogP contribution in [0.1, 0.15) is 25.0 Å². The fourth-order valence-electron chi connectivity index (χ4n) is 3.91. The van der Waals surface area contributed by atoms with Crippen molar-refractivity contribution in [1.29, 1.82) is 5.26 Å². The molecule has 6 heteroatoms. The van der Waals surface area contributed by atoms with Crippen LogP contribution in [0.3, 0.4) is 0 Å². The third-order valence-corrected chi connectivity index (χ3v) is 5.95. The molecule has 1 amide bonds. The van der Waals surface area contributed by atoms with Gasteiger partial charge in [0.15, 0.2) is 0 Å². The van der Waals surface area contributed by atoms with Crippen molar-refractivity contribution in [2.24, 2.45) is 0 Å². The first kappa shape index (κ1) is 22.4. The molecule has 0 atom stereocenters. The predicted octanol–water partition coefficient (Wildman–Crippen LogP) is 6.72.